The summed E-state index contributed by atoms with van der Waals surface area (Å²) < 4.78 is 34.0. The standard InChI is InChI=1S/C23H29N3O4S/c1-24-14-17-12-22(18-6-3-2-4-7-18)26(15-17)31(28,29)21-9-5-8-20(13-21)30-16-23(27)25-19-10-11-19/h5-6,8-9,12-13,15,19,24H,2-4,7,10-11,14,16H2,1H3,(H,25,27). The number of carbonyl (C=O) groups is 1. The van der Waals surface area contributed by atoms with Crippen molar-refractivity contribution in [2.75, 3.05) is 13.7 Å². The van der Waals surface area contributed by atoms with Crippen LogP contribution in [0, 0.1) is 0 Å². The summed E-state index contributed by atoms with van der Waals surface area (Å²) in [6, 6.07) is 8.55. The van der Waals surface area contributed by atoms with Gasteiger partial charge in [-0.3, -0.25) is 4.79 Å². The zero-order chi connectivity index (χ0) is 21.8. The fraction of sp³-hybridized carbons (Fsp3) is 0.435. The molecule has 1 aromatic heterocycles. The summed E-state index contributed by atoms with van der Waals surface area (Å²) in [6.45, 7) is 0.454. The Kier molecular flexibility index (Phi) is 6.48. The van der Waals surface area contributed by atoms with Crippen LogP contribution in [0.1, 0.15) is 49.8 Å². The van der Waals surface area contributed by atoms with Crippen molar-refractivity contribution in [3.63, 3.8) is 0 Å². The molecule has 1 aromatic carbocycles. The van der Waals surface area contributed by atoms with Crippen LogP contribution in [0.15, 0.2) is 47.5 Å². The SMILES string of the molecule is CNCc1cc(C2=CCCCC2)n(S(=O)(=O)c2cccc(OCC(=O)NC3CC3)c2)c1. The molecule has 0 atom stereocenters. The second-order valence-electron chi connectivity index (χ2n) is 8.15. The molecule has 7 nitrogen and oxygen atoms in total. The Labute approximate surface area is 183 Å². The van der Waals surface area contributed by atoms with Gasteiger partial charge in [0.1, 0.15) is 5.75 Å². The average molecular weight is 444 g/mol. The lowest BCUT2D eigenvalue weighted by Gasteiger charge is -2.16. The number of hydrogen-bond donors (Lipinski definition) is 2. The average Bonchev–Trinajstić information content (AvgIpc) is 3.48. The van der Waals surface area contributed by atoms with Gasteiger partial charge in [-0.15, -0.1) is 0 Å². The van der Waals surface area contributed by atoms with E-state index in [1.165, 1.54) is 10.0 Å². The number of nitrogens with zero attached hydrogens (tertiary/aromatic N) is 1. The summed E-state index contributed by atoms with van der Waals surface area (Å²) in [5.41, 5.74) is 2.71. The number of carbonyl (C=O) groups excluding carboxylic acids is 1. The van der Waals surface area contributed by atoms with Crippen LogP contribution in [0.5, 0.6) is 5.75 Å². The van der Waals surface area contributed by atoms with E-state index >= 15 is 0 Å². The Morgan fingerprint density at radius 3 is 2.77 bits per heavy atom. The maximum atomic E-state index is 13.5. The van der Waals surface area contributed by atoms with Crippen LogP contribution in [-0.2, 0) is 21.4 Å². The molecule has 8 heteroatoms. The van der Waals surface area contributed by atoms with Crippen molar-refractivity contribution < 1.29 is 17.9 Å². The number of benzene rings is 1. The molecule has 2 aromatic rings. The molecule has 0 bridgehead atoms. The van der Waals surface area contributed by atoms with Gasteiger partial charge in [-0.2, -0.15) is 0 Å². The summed E-state index contributed by atoms with van der Waals surface area (Å²) in [7, 11) is -1.98. The van der Waals surface area contributed by atoms with Gasteiger partial charge in [-0.05, 0) is 74.9 Å². The van der Waals surface area contributed by atoms with Crippen molar-refractivity contribution in [2.24, 2.45) is 0 Å². The number of amides is 1. The lowest BCUT2D eigenvalue weighted by molar-refractivity contribution is -0.123. The van der Waals surface area contributed by atoms with Gasteiger partial charge in [-0.1, -0.05) is 12.1 Å². The first kappa shape index (κ1) is 21.6. The quantitative estimate of drug-likeness (QED) is 0.622. The van der Waals surface area contributed by atoms with Gasteiger partial charge in [0.2, 0.25) is 0 Å². The largest absolute Gasteiger partial charge is 0.484 e. The number of nitrogens with one attached hydrogen (secondary N) is 2. The van der Waals surface area contributed by atoms with E-state index in [4.69, 9.17) is 4.74 Å². The van der Waals surface area contributed by atoms with E-state index in [9.17, 15) is 13.2 Å². The smallest absolute Gasteiger partial charge is 0.268 e. The first-order valence-corrected chi connectivity index (χ1v) is 12.2. The first-order chi connectivity index (χ1) is 15.0. The fourth-order valence-electron chi connectivity index (χ4n) is 3.79. The predicted molar refractivity (Wildman–Crippen MR) is 119 cm³/mol. The lowest BCUT2D eigenvalue weighted by Crippen LogP contribution is -2.30. The fourth-order valence-corrected chi connectivity index (χ4v) is 5.23. The van der Waals surface area contributed by atoms with Crippen LogP contribution in [-0.4, -0.2) is 38.0 Å². The number of rotatable bonds is 9. The highest BCUT2D eigenvalue weighted by atomic mass is 32.2. The predicted octanol–water partition coefficient (Wildman–Crippen LogP) is 3.06. The molecule has 1 fully saturated rings. The van der Waals surface area contributed by atoms with E-state index in [1.54, 1.807) is 24.4 Å². The first-order valence-electron chi connectivity index (χ1n) is 10.8. The zero-order valence-corrected chi connectivity index (χ0v) is 18.6. The van der Waals surface area contributed by atoms with Crippen molar-refractivity contribution >= 4 is 21.5 Å². The molecule has 166 valence electrons. The van der Waals surface area contributed by atoms with Gasteiger partial charge in [-0.25, -0.2) is 12.4 Å². The van der Waals surface area contributed by atoms with E-state index in [0.29, 0.717) is 12.3 Å². The van der Waals surface area contributed by atoms with E-state index in [-0.39, 0.29) is 23.5 Å². The minimum Gasteiger partial charge on any atom is -0.484 e. The number of hydrogen-bond acceptors (Lipinski definition) is 5. The normalized spacial score (nSPS) is 16.6. The van der Waals surface area contributed by atoms with Gasteiger partial charge in [0.25, 0.3) is 15.9 Å². The van der Waals surface area contributed by atoms with E-state index < -0.39 is 10.0 Å². The molecule has 2 aliphatic rings. The Hall–Kier alpha value is -2.58. The lowest BCUT2D eigenvalue weighted by atomic mass is 9.97. The highest BCUT2D eigenvalue weighted by molar-refractivity contribution is 7.90. The summed E-state index contributed by atoms with van der Waals surface area (Å²) >= 11 is 0. The topological polar surface area (TPSA) is 89.4 Å². The summed E-state index contributed by atoms with van der Waals surface area (Å²) in [6.07, 6.45) is 9.87. The molecule has 1 heterocycles. The molecule has 1 saturated carbocycles. The van der Waals surface area contributed by atoms with Gasteiger partial charge < -0.3 is 15.4 Å². The van der Waals surface area contributed by atoms with Gasteiger partial charge >= 0.3 is 0 Å². The number of ether oxygens (including phenoxy) is 1. The maximum absolute atomic E-state index is 13.5. The second-order valence-corrected chi connectivity index (χ2v) is 9.96. The second kappa shape index (κ2) is 9.28. The highest BCUT2D eigenvalue weighted by Gasteiger charge is 2.25. The van der Waals surface area contributed by atoms with Crippen molar-refractivity contribution in [2.45, 2.75) is 56.0 Å². The Bertz CT molecular complexity index is 1080. The van der Waals surface area contributed by atoms with Crippen molar-refractivity contribution in [3.05, 3.63) is 53.9 Å². The molecular formula is C23H29N3O4S. The molecule has 1 amide bonds. The summed E-state index contributed by atoms with van der Waals surface area (Å²) in [4.78, 5) is 12.0. The molecule has 0 saturated heterocycles. The van der Waals surface area contributed by atoms with Crippen LogP contribution in [0.25, 0.3) is 5.57 Å². The molecule has 2 N–H and O–H groups in total. The van der Waals surface area contributed by atoms with Crippen LogP contribution >= 0.6 is 0 Å². The molecule has 0 spiro atoms. The van der Waals surface area contributed by atoms with Crippen molar-refractivity contribution in [1.29, 1.82) is 0 Å². The van der Waals surface area contributed by atoms with E-state index in [2.05, 4.69) is 16.7 Å². The molecule has 0 unspecified atom stereocenters. The van der Waals surface area contributed by atoms with Crippen LogP contribution in [0.4, 0.5) is 0 Å². The molecule has 31 heavy (non-hydrogen) atoms. The van der Waals surface area contributed by atoms with Gasteiger partial charge in [0.15, 0.2) is 6.61 Å². The molecule has 0 aliphatic heterocycles. The maximum Gasteiger partial charge on any atom is 0.268 e. The molecule has 4 rings (SSSR count). The summed E-state index contributed by atoms with van der Waals surface area (Å²) in [5.74, 6) is 0.164. The van der Waals surface area contributed by atoms with E-state index in [0.717, 1.165) is 55.4 Å². The van der Waals surface area contributed by atoms with Crippen LogP contribution < -0.4 is 15.4 Å². The zero-order valence-electron chi connectivity index (χ0n) is 17.8. The Morgan fingerprint density at radius 2 is 2.06 bits per heavy atom. The van der Waals surface area contributed by atoms with Crippen LogP contribution in [0.3, 0.4) is 0 Å². The minimum absolute atomic E-state index is 0.131. The van der Waals surface area contributed by atoms with E-state index in [1.807, 2.05) is 13.1 Å². The third-order valence-corrected chi connectivity index (χ3v) is 7.19. The third-order valence-electron chi connectivity index (χ3n) is 5.52. The van der Waals surface area contributed by atoms with Crippen LogP contribution in [0.2, 0.25) is 0 Å². The molecular weight excluding hydrogens is 414 g/mol. The third kappa shape index (κ3) is 5.19. The molecule has 2 aliphatic carbocycles. The number of allylic oxidation sites excluding steroid dienone is 2. The highest BCUT2D eigenvalue weighted by Crippen LogP contribution is 2.31. The summed E-state index contributed by atoms with van der Waals surface area (Å²) in [5, 5.41) is 5.94. The van der Waals surface area contributed by atoms with Gasteiger partial charge in [0.05, 0.1) is 10.6 Å². The molecule has 0 radical (unpaired) electrons. The Balaban J connectivity index is 1.60. The van der Waals surface area contributed by atoms with Gasteiger partial charge in [0, 0.05) is 24.8 Å². The van der Waals surface area contributed by atoms with Crippen molar-refractivity contribution in [1.82, 2.24) is 14.6 Å². The monoisotopic (exact) mass is 443 g/mol. The Morgan fingerprint density at radius 1 is 1.23 bits per heavy atom. The minimum atomic E-state index is -3.82. The van der Waals surface area contributed by atoms with Crippen molar-refractivity contribution in [3.8, 4) is 5.75 Å². The number of aromatic nitrogens is 1.